The summed E-state index contributed by atoms with van der Waals surface area (Å²) in [5.41, 5.74) is 2.39. The summed E-state index contributed by atoms with van der Waals surface area (Å²) in [6, 6.07) is 6.97. The summed E-state index contributed by atoms with van der Waals surface area (Å²) < 4.78 is 11.9. The average Bonchev–Trinajstić information content (AvgIpc) is 3.24. The van der Waals surface area contributed by atoms with Crippen molar-refractivity contribution in [2.45, 2.75) is 27.4 Å². The summed E-state index contributed by atoms with van der Waals surface area (Å²) in [6.45, 7) is 5.79. The zero-order valence-electron chi connectivity index (χ0n) is 17.0. The van der Waals surface area contributed by atoms with Crippen LogP contribution in [0.1, 0.15) is 43.9 Å². The highest BCUT2D eigenvalue weighted by atomic mass is 35.5. The Morgan fingerprint density at radius 3 is 2.57 bits per heavy atom. The van der Waals surface area contributed by atoms with Gasteiger partial charge in [0.1, 0.15) is 10.7 Å². The smallest absolute Gasteiger partial charge is 0.341 e. The molecule has 1 aromatic carbocycles. The van der Waals surface area contributed by atoms with E-state index in [1.54, 1.807) is 31.2 Å². The Kier molecular flexibility index (Phi) is 6.86. The first-order chi connectivity index (χ1) is 14.4. The van der Waals surface area contributed by atoms with Gasteiger partial charge in [0.2, 0.25) is 0 Å². The molecule has 0 radical (unpaired) electrons. The molecule has 0 unspecified atom stereocenters. The van der Waals surface area contributed by atoms with Gasteiger partial charge in [-0.05, 0) is 50.6 Å². The lowest BCUT2D eigenvalue weighted by Gasteiger charge is -2.09. The highest BCUT2D eigenvalue weighted by Gasteiger charge is 2.26. The number of aromatic nitrogens is 3. The van der Waals surface area contributed by atoms with Gasteiger partial charge >= 0.3 is 5.97 Å². The molecule has 3 aromatic rings. The van der Waals surface area contributed by atoms with Crippen molar-refractivity contribution in [3.05, 3.63) is 56.7 Å². The number of benzene rings is 1. The third kappa shape index (κ3) is 4.38. The van der Waals surface area contributed by atoms with E-state index in [9.17, 15) is 9.59 Å². The maximum absolute atomic E-state index is 13.0. The molecular formula is C20H21ClN4O4S. The number of nitrogens with one attached hydrogen (secondary N) is 1. The quantitative estimate of drug-likeness (QED) is 0.545. The number of aryl methyl sites for hydroxylation is 1. The van der Waals surface area contributed by atoms with Gasteiger partial charge in [0.05, 0.1) is 24.5 Å². The number of anilines is 1. The number of carbonyl (C=O) groups excluding carboxylic acids is 2. The van der Waals surface area contributed by atoms with Crippen LogP contribution < -0.4 is 5.32 Å². The van der Waals surface area contributed by atoms with Gasteiger partial charge < -0.3 is 14.8 Å². The fourth-order valence-corrected chi connectivity index (χ4v) is 4.03. The van der Waals surface area contributed by atoms with Crippen molar-refractivity contribution in [1.29, 1.82) is 0 Å². The van der Waals surface area contributed by atoms with Crippen LogP contribution in [0.15, 0.2) is 24.3 Å². The standard InChI is InChI=1S/C20H21ClN4O4S/c1-5-29-20(27)16-11(2)12(3)30-19(16)22-18(26)17-15(10-28-4)25(24-23-17)14-8-6-13(21)7-9-14/h6-9H,5,10H2,1-4H3,(H,22,26). The number of hydrogen-bond acceptors (Lipinski definition) is 7. The van der Waals surface area contributed by atoms with Crippen molar-refractivity contribution in [2.75, 3.05) is 19.0 Å². The SMILES string of the molecule is CCOC(=O)c1c(NC(=O)c2nnn(-c3ccc(Cl)cc3)c2COC)sc(C)c1C. The number of thiophene rings is 1. The van der Waals surface area contributed by atoms with Gasteiger partial charge in [-0.25, -0.2) is 9.48 Å². The first-order valence-electron chi connectivity index (χ1n) is 9.15. The largest absolute Gasteiger partial charge is 0.462 e. The fourth-order valence-electron chi connectivity index (χ4n) is 2.86. The molecule has 0 fully saturated rings. The van der Waals surface area contributed by atoms with Crippen LogP contribution in [0.3, 0.4) is 0 Å². The molecule has 30 heavy (non-hydrogen) atoms. The zero-order valence-corrected chi connectivity index (χ0v) is 18.6. The molecule has 0 spiro atoms. The third-order valence-electron chi connectivity index (χ3n) is 4.42. The van der Waals surface area contributed by atoms with E-state index < -0.39 is 11.9 Å². The van der Waals surface area contributed by atoms with E-state index in [1.807, 2.05) is 13.8 Å². The van der Waals surface area contributed by atoms with Crippen molar-refractivity contribution in [1.82, 2.24) is 15.0 Å². The van der Waals surface area contributed by atoms with Gasteiger partial charge in [0, 0.05) is 17.0 Å². The van der Waals surface area contributed by atoms with Crippen LogP contribution >= 0.6 is 22.9 Å². The monoisotopic (exact) mass is 448 g/mol. The summed E-state index contributed by atoms with van der Waals surface area (Å²) in [4.78, 5) is 26.3. The zero-order chi connectivity index (χ0) is 21.8. The molecule has 158 valence electrons. The van der Waals surface area contributed by atoms with Gasteiger partial charge in [-0.1, -0.05) is 16.8 Å². The average molecular weight is 449 g/mol. The van der Waals surface area contributed by atoms with Crippen LogP contribution in [0, 0.1) is 13.8 Å². The molecular weight excluding hydrogens is 428 g/mol. The lowest BCUT2D eigenvalue weighted by Crippen LogP contribution is -2.17. The minimum atomic E-state index is -0.492. The molecule has 2 heterocycles. The highest BCUT2D eigenvalue weighted by molar-refractivity contribution is 7.16. The summed E-state index contributed by atoms with van der Waals surface area (Å²) in [7, 11) is 1.52. The molecule has 0 aliphatic heterocycles. The molecule has 0 atom stereocenters. The van der Waals surface area contributed by atoms with E-state index in [0.717, 1.165) is 10.4 Å². The maximum Gasteiger partial charge on any atom is 0.341 e. The summed E-state index contributed by atoms with van der Waals surface area (Å²) in [5, 5.41) is 11.9. The molecule has 8 nitrogen and oxygen atoms in total. The Morgan fingerprint density at radius 2 is 1.93 bits per heavy atom. The highest BCUT2D eigenvalue weighted by Crippen LogP contribution is 2.33. The number of rotatable bonds is 7. The summed E-state index contributed by atoms with van der Waals surface area (Å²) in [5.74, 6) is -0.967. The molecule has 0 bridgehead atoms. The lowest BCUT2D eigenvalue weighted by atomic mass is 10.1. The van der Waals surface area contributed by atoms with Crippen LogP contribution in [0.4, 0.5) is 5.00 Å². The number of ether oxygens (including phenoxy) is 2. The van der Waals surface area contributed by atoms with Gasteiger partial charge in [-0.15, -0.1) is 16.4 Å². The Morgan fingerprint density at radius 1 is 1.23 bits per heavy atom. The summed E-state index contributed by atoms with van der Waals surface area (Å²) >= 11 is 7.26. The predicted molar refractivity (Wildman–Crippen MR) is 115 cm³/mol. The van der Waals surface area contributed by atoms with E-state index in [-0.39, 0.29) is 18.9 Å². The number of amides is 1. The number of hydrogen-bond donors (Lipinski definition) is 1. The Bertz CT molecular complexity index is 1080. The van der Waals surface area contributed by atoms with Crippen LogP contribution in [0.25, 0.3) is 5.69 Å². The molecule has 0 aliphatic carbocycles. The van der Waals surface area contributed by atoms with Gasteiger partial charge in [0.25, 0.3) is 5.91 Å². The van der Waals surface area contributed by atoms with E-state index in [4.69, 9.17) is 21.1 Å². The van der Waals surface area contributed by atoms with Crippen molar-refractivity contribution in [3.63, 3.8) is 0 Å². The number of halogens is 1. The fraction of sp³-hybridized carbons (Fsp3) is 0.300. The number of esters is 1. The first-order valence-corrected chi connectivity index (χ1v) is 10.3. The van der Waals surface area contributed by atoms with Gasteiger partial charge in [-0.3, -0.25) is 4.79 Å². The Hall–Kier alpha value is -2.75. The number of methoxy groups -OCH3 is 1. The predicted octanol–water partition coefficient (Wildman–Crippen LogP) is 4.17. The number of nitrogens with zero attached hydrogens (tertiary/aromatic N) is 3. The second-order valence-electron chi connectivity index (χ2n) is 6.37. The molecule has 10 heteroatoms. The molecule has 0 aliphatic rings. The minimum Gasteiger partial charge on any atom is -0.462 e. The van der Waals surface area contributed by atoms with Gasteiger partial charge in [0.15, 0.2) is 5.69 Å². The minimum absolute atomic E-state index is 0.102. The van der Waals surface area contributed by atoms with E-state index >= 15 is 0 Å². The Balaban J connectivity index is 1.96. The van der Waals surface area contributed by atoms with Crippen LogP contribution in [0.2, 0.25) is 5.02 Å². The molecule has 0 saturated heterocycles. The molecule has 3 rings (SSSR count). The van der Waals surface area contributed by atoms with Crippen molar-refractivity contribution >= 4 is 39.8 Å². The van der Waals surface area contributed by atoms with Gasteiger partial charge in [-0.2, -0.15) is 0 Å². The van der Waals surface area contributed by atoms with Crippen molar-refractivity contribution in [2.24, 2.45) is 0 Å². The topological polar surface area (TPSA) is 95.3 Å². The van der Waals surface area contributed by atoms with E-state index in [1.165, 1.54) is 23.1 Å². The summed E-state index contributed by atoms with van der Waals surface area (Å²) in [6.07, 6.45) is 0. The molecule has 2 aromatic heterocycles. The van der Waals surface area contributed by atoms with E-state index in [0.29, 0.717) is 27.0 Å². The second-order valence-corrected chi connectivity index (χ2v) is 8.03. The molecule has 0 saturated carbocycles. The maximum atomic E-state index is 13.0. The normalized spacial score (nSPS) is 10.8. The van der Waals surface area contributed by atoms with E-state index in [2.05, 4.69) is 15.6 Å². The molecule has 1 amide bonds. The lowest BCUT2D eigenvalue weighted by molar-refractivity contribution is 0.0527. The number of carbonyl (C=O) groups is 2. The second kappa shape index (κ2) is 9.38. The molecule has 1 N–H and O–H groups in total. The van der Waals surface area contributed by atoms with Crippen LogP contribution in [0.5, 0.6) is 0 Å². The first kappa shape index (κ1) is 21.9. The van der Waals surface area contributed by atoms with Crippen LogP contribution in [-0.4, -0.2) is 40.6 Å². The van der Waals surface area contributed by atoms with Crippen molar-refractivity contribution < 1.29 is 19.1 Å². The van der Waals surface area contributed by atoms with Crippen molar-refractivity contribution in [3.8, 4) is 5.69 Å². The van der Waals surface area contributed by atoms with Crippen LogP contribution in [-0.2, 0) is 16.1 Å². The Labute approximate surface area is 182 Å². The third-order valence-corrected chi connectivity index (χ3v) is 5.80.